The number of carboxylic acids is 1. The van der Waals surface area contributed by atoms with E-state index in [1.807, 2.05) is 38.3 Å². The van der Waals surface area contributed by atoms with Gasteiger partial charge in [0.05, 0.1) is 11.3 Å². The minimum absolute atomic E-state index is 0.0230. The molecule has 2 rings (SSSR count). The Bertz CT molecular complexity index is 497. The molecular weight excluding hydrogens is 274 g/mol. The Morgan fingerprint density at radius 1 is 1.40 bits per heavy atom. The highest BCUT2D eigenvalue weighted by Crippen LogP contribution is 2.39. The Kier molecular flexibility index (Phi) is 4.18. The number of hydrogen-bond acceptors (Lipinski definition) is 3. The average Bonchev–Trinajstić information content (AvgIpc) is 3.06. The molecule has 1 amide bonds. The number of carbonyl (C=O) groups is 2. The standard InChI is InChI=1S/C15H21NO3S/c1-10(2)15(14(18)19)6-7-16(9-15)13(17)11(3)12-5-4-8-20-12/h4-5,8,10-11H,6-7,9H2,1-3H3,(H,18,19). The smallest absolute Gasteiger partial charge is 0.311 e. The second kappa shape index (κ2) is 5.56. The number of hydrogen-bond donors (Lipinski definition) is 1. The molecule has 4 nitrogen and oxygen atoms in total. The van der Waals surface area contributed by atoms with Crippen LogP contribution in [0.3, 0.4) is 0 Å². The molecule has 0 bridgehead atoms. The van der Waals surface area contributed by atoms with Crippen molar-refractivity contribution in [2.75, 3.05) is 13.1 Å². The van der Waals surface area contributed by atoms with Gasteiger partial charge in [0.25, 0.3) is 0 Å². The van der Waals surface area contributed by atoms with E-state index in [9.17, 15) is 14.7 Å². The molecule has 1 aromatic heterocycles. The fraction of sp³-hybridized carbons (Fsp3) is 0.600. The van der Waals surface area contributed by atoms with Crippen molar-refractivity contribution < 1.29 is 14.7 Å². The summed E-state index contributed by atoms with van der Waals surface area (Å²) in [5.74, 6) is -0.913. The topological polar surface area (TPSA) is 57.6 Å². The van der Waals surface area contributed by atoms with E-state index in [1.165, 1.54) is 0 Å². The molecule has 5 heteroatoms. The summed E-state index contributed by atoms with van der Waals surface area (Å²) in [4.78, 5) is 26.9. The van der Waals surface area contributed by atoms with Gasteiger partial charge in [-0.1, -0.05) is 19.9 Å². The van der Waals surface area contributed by atoms with Crippen LogP contribution in [0.5, 0.6) is 0 Å². The van der Waals surface area contributed by atoms with Crippen LogP contribution < -0.4 is 0 Å². The molecule has 0 aliphatic carbocycles. The molecule has 0 aromatic carbocycles. The number of aliphatic carboxylic acids is 1. The zero-order valence-corrected chi connectivity index (χ0v) is 12.9. The van der Waals surface area contributed by atoms with Crippen molar-refractivity contribution in [2.24, 2.45) is 11.3 Å². The highest BCUT2D eigenvalue weighted by molar-refractivity contribution is 7.10. The summed E-state index contributed by atoms with van der Waals surface area (Å²) in [6.45, 7) is 6.60. The first-order valence-electron chi connectivity index (χ1n) is 6.94. The molecule has 0 radical (unpaired) electrons. The van der Waals surface area contributed by atoms with Crippen LogP contribution >= 0.6 is 11.3 Å². The Balaban J connectivity index is 2.13. The summed E-state index contributed by atoms with van der Waals surface area (Å²) in [6, 6.07) is 3.89. The van der Waals surface area contributed by atoms with Gasteiger partial charge in [-0.3, -0.25) is 9.59 Å². The van der Waals surface area contributed by atoms with Gasteiger partial charge in [-0.2, -0.15) is 0 Å². The van der Waals surface area contributed by atoms with E-state index in [0.29, 0.717) is 19.5 Å². The van der Waals surface area contributed by atoms with Crippen LogP contribution in [0.2, 0.25) is 0 Å². The van der Waals surface area contributed by atoms with Crippen molar-refractivity contribution >= 4 is 23.2 Å². The molecule has 1 aliphatic heterocycles. The molecule has 110 valence electrons. The number of rotatable bonds is 4. The maximum Gasteiger partial charge on any atom is 0.311 e. The molecule has 1 N–H and O–H groups in total. The van der Waals surface area contributed by atoms with Crippen molar-refractivity contribution in [3.63, 3.8) is 0 Å². The van der Waals surface area contributed by atoms with E-state index in [0.717, 1.165) is 4.88 Å². The maximum atomic E-state index is 12.5. The zero-order valence-electron chi connectivity index (χ0n) is 12.1. The Morgan fingerprint density at radius 2 is 2.10 bits per heavy atom. The lowest BCUT2D eigenvalue weighted by molar-refractivity contribution is -0.151. The number of carbonyl (C=O) groups excluding carboxylic acids is 1. The summed E-state index contributed by atoms with van der Waals surface area (Å²) in [5, 5.41) is 11.5. The molecule has 2 unspecified atom stereocenters. The van der Waals surface area contributed by atoms with Gasteiger partial charge in [-0.15, -0.1) is 11.3 Å². The molecular formula is C15H21NO3S. The average molecular weight is 295 g/mol. The fourth-order valence-corrected chi connectivity index (χ4v) is 3.62. The highest BCUT2D eigenvalue weighted by Gasteiger charge is 2.48. The normalized spacial score (nSPS) is 24.1. The largest absolute Gasteiger partial charge is 0.481 e. The zero-order chi connectivity index (χ0) is 14.9. The summed E-state index contributed by atoms with van der Waals surface area (Å²) in [5.41, 5.74) is -0.787. The van der Waals surface area contributed by atoms with Gasteiger partial charge in [0.2, 0.25) is 5.91 Å². The summed E-state index contributed by atoms with van der Waals surface area (Å²) in [6.07, 6.45) is 0.545. The second-order valence-electron chi connectivity index (χ2n) is 5.86. The molecule has 2 heterocycles. The quantitative estimate of drug-likeness (QED) is 0.929. The minimum atomic E-state index is -0.787. The van der Waals surface area contributed by atoms with Gasteiger partial charge in [-0.25, -0.2) is 0 Å². The molecule has 1 aliphatic rings. The molecule has 1 fully saturated rings. The summed E-state index contributed by atoms with van der Waals surface area (Å²) < 4.78 is 0. The molecule has 2 atom stereocenters. The van der Waals surface area contributed by atoms with E-state index < -0.39 is 11.4 Å². The third kappa shape index (κ3) is 2.46. The van der Waals surface area contributed by atoms with Crippen LogP contribution in [-0.4, -0.2) is 35.0 Å². The van der Waals surface area contributed by atoms with Crippen LogP contribution in [0.4, 0.5) is 0 Å². The summed E-state index contributed by atoms with van der Waals surface area (Å²) >= 11 is 1.57. The molecule has 1 aromatic rings. The molecule has 1 saturated heterocycles. The predicted octanol–water partition coefficient (Wildman–Crippen LogP) is 2.81. The number of likely N-dealkylation sites (tertiary alicyclic amines) is 1. The van der Waals surface area contributed by atoms with E-state index in [2.05, 4.69) is 0 Å². The molecule has 20 heavy (non-hydrogen) atoms. The second-order valence-corrected chi connectivity index (χ2v) is 6.84. The number of thiophene rings is 1. The third-order valence-corrected chi connectivity index (χ3v) is 5.54. The van der Waals surface area contributed by atoms with Gasteiger partial charge < -0.3 is 10.0 Å². The van der Waals surface area contributed by atoms with Crippen molar-refractivity contribution in [1.29, 1.82) is 0 Å². The predicted molar refractivity (Wildman–Crippen MR) is 78.8 cm³/mol. The SMILES string of the molecule is CC(C(=O)N1CCC(C(=O)O)(C(C)C)C1)c1cccs1. The highest BCUT2D eigenvalue weighted by atomic mass is 32.1. The van der Waals surface area contributed by atoms with E-state index >= 15 is 0 Å². The van der Waals surface area contributed by atoms with Gasteiger partial charge in [-0.05, 0) is 30.7 Å². The first kappa shape index (κ1) is 15.0. The van der Waals surface area contributed by atoms with Crippen LogP contribution in [0, 0.1) is 11.3 Å². The lowest BCUT2D eigenvalue weighted by Gasteiger charge is -2.29. The van der Waals surface area contributed by atoms with Crippen molar-refractivity contribution in [1.82, 2.24) is 4.90 Å². The van der Waals surface area contributed by atoms with Crippen molar-refractivity contribution in [3.8, 4) is 0 Å². The van der Waals surface area contributed by atoms with Crippen LogP contribution in [0.15, 0.2) is 17.5 Å². The van der Waals surface area contributed by atoms with E-state index in [4.69, 9.17) is 0 Å². The Hall–Kier alpha value is -1.36. The monoisotopic (exact) mass is 295 g/mol. The number of carboxylic acid groups (broad SMARTS) is 1. The van der Waals surface area contributed by atoms with Crippen molar-refractivity contribution in [3.05, 3.63) is 22.4 Å². The fourth-order valence-electron chi connectivity index (χ4n) is 2.85. The van der Waals surface area contributed by atoms with Crippen molar-refractivity contribution in [2.45, 2.75) is 33.1 Å². The third-order valence-electron chi connectivity index (χ3n) is 4.48. The number of amides is 1. The van der Waals surface area contributed by atoms with E-state index in [-0.39, 0.29) is 17.7 Å². The molecule has 0 saturated carbocycles. The van der Waals surface area contributed by atoms with Gasteiger partial charge in [0.1, 0.15) is 0 Å². The first-order chi connectivity index (χ1) is 9.38. The van der Waals surface area contributed by atoms with Gasteiger partial charge in [0.15, 0.2) is 0 Å². The van der Waals surface area contributed by atoms with E-state index in [1.54, 1.807) is 16.2 Å². The minimum Gasteiger partial charge on any atom is -0.481 e. The lowest BCUT2D eigenvalue weighted by Crippen LogP contribution is -2.41. The lowest BCUT2D eigenvalue weighted by atomic mass is 9.76. The maximum absolute atomic E-state index is 12.5. The molecule has 0 spiro atoms. The Labute approximate surface area is 123 Å². The van der Waals surface area contributed by atoms with Gasteiger partial charge in [0, 0.05) is 18.0 Å². The van der Waals surface area contributed by atoms with Crippen LogP contribution in [0.25, 0.3) is 0 Å². The van der Waals surface area contributed by atoms with Crippen LogP contribution in [-0.2, 0) is 9.59 Å². The van der Waals surface area contributed by atoms with Gasteiger partial charge >= 0.3 is 5.97 Å². The first-order valence-corrected chi connectivity index (χ1v) is 7.82. The summed E-state index contributed by atoms with van der Waals surface area (Å²) in [7, 11) is 0. The van der Waals surface area contributed by atoms with Crippen LogP contribution in [0.1, 0.15) is 38.0 Å². The number of nitrogens with zero attached hydrogens (tertiary/aromatic N) is 1. The Morgan fingerprint density at radius 3 is 2.55 bits per heavy atom.